The maximum absolute atomic E-state index is 13.9. The number of hydrogen-bond donors (Lipinski definition) is 1. The van der Waals surface area contributed by atoms with Crippen LogP contribution in [0.25, 0.3) is 16.8 Å². The number of halogens is 3. The van der Waals surface area contributed by atoms with Gasteiger partial charge in [-0.05, 0) is 54.3 Å². The van der Waals surface area contributed by atoms with Crippen molar-refractivity contribution in [1.29, 1.82) is 0 Å². The number of aromatic nitrogens is 2. The summed E-state index contributed by atoms with van der Waals surface area (Å²) in [6, 6.07) is 8.76. The number of methoxy groups -OCH3 is 1. The van der Waals surface area contributed by atoms with Gasteiger partial charge >= 0.3 is 12.1 Å². The zero-order valence-corrected chi connectivity index (χ0v) is 16.5. The Morgan fingerprint density at radius 1 is 1.29 bits per heavy atom. The van der Waals surface area contributed by atoms with E-state index in [4.69, 9.17) is 4.74 Å². The van der Waals surface area contributed by atoms with Crippen molar-refractivity contribution in [2.24, 2.45) is 0 Å². The Morgan fingerprint density at radius 2 is 2.10 bits per heavy atom. The van der Waals surface area contributed by atoms with E-state index in [1.165, 1.54) is 16.9 Å². The van der Waals surface area contributed by atoms with Crippen LogP contribution in [0.2, 0.25) is 0 Å². The molecule has 3 aromatic rings. The fraction of sp³-hybridized carbons (Fsp3) is 0.273. The lowest BCUT2D eigenvalue weighted by atomic mass is 9.88. The van der Waals surface area contributed by atoms with Gasteiger partial charge in [-0.1, -0.05) is 6.07 Å². The van der Waals surface area contributed by atoms with Gasteiger partial charge in [-0.15, -0.1) is 0 Å². The van der Waals surface area contributed by atoms with E-state index in [0.29, 0.717) is 24.3 Å². The van der Waals surface area contributed by atoms with E-state index in [1.54, 1.807) is 30.5 Å². The van der Waals surface area contributed by atoms with Gasteiger partial charge in [0.15, 0.2) is 6.10 Å². The van der Waals surface area contributed by atoms with Crippen LogP contribution in [0.1, 0.15) is 29.2 Å². The SMILES string of the molecule is COC(=O)C(O)c1c(C(F)(F)F)ccc(-n2cccn2)c1-c1ccc2c(c1)CCCO2. The number of fused-ring (bicyclic) bond motifs is 1. The zero-order chi connectivity index (χ0) is 22.2. The van der Waals surface area contributed by atoms with Crippen LogP contribution in [-0.4, -0.2) is 34.6 Å². The number of esters is 1. The number of aliphatic hydroxyl groups is 1. The minimum Gasteiger partial charge on any atom is -0.493 e. The summed E-state index contributed by atoms with van der Waals surface area (Å²) in [6.45, 7) is 0.570. The lowest BCUT2D eigenvalue weighted by Crippen LogP contribution is -2.21. The van der Waals surface area contributed by atoms with Gasteiger partial charge in [0.25, 0.3) is 0 Å². The van der Waals surface area contributed by atoms with Crippen LogP contribution >= 0.6 is 0 Å². The molecular formula is C22H19F3N2O4. The number of ether oxygens (including phenoxy) is 2. The number of aryl methyl sites for hydroxylation is 1. The van der Waals surface area contributed by atoms with E-state index in [9.17, 15) is 23.1 Å². The Morgan fingerprint density at radius 3 is 2.77 bits per heavy atom. The summed E-state index contributed by atoms with van der Waals surface area (Å²) >= 11 is 0. The van der Waals surface area contributed by atoms with Gasteiger partial charge in [0, 0.05) is 23.5 Å². The molecule has 0 fully saturated rings. The fourth-order valence-electron chi connectivity index (χ4n) is 3.79. The van der Waals surface area contributed by atoms with Gasteiger partial charge < -0.3 is 14.6 Å². The molecule has 0 spiro atoms. The second-order valence-corrected chi connectivity index (χ2v) is 7.07. The minimum absolute atomic E-state index is 0.0461. The molecule has 6 nitrogen and oxygen atoms in total. The van der Waals surface area contributed by atoms with Gasteiger partial charge in [-0.25, -0.2) is 9.48 Å². The smallest absolute Gasteiger partial charge is 0.416 e. The Hall–Kier alpha value is -3.33. The van der Waals surface area contributed by atoms with Crippen LogP contribution in [0.4, 0.5) is 13.2 Å². The Balaban J connectivity index is 2.05. The highest BCUT2D eigenvalue weighted by molar-refractivity contribution is 5.86. The van der Waals surface area contributed by atoms with E-state index in [0.717, 1.165) is 25.2 Å². The molecule has 1 aliphatic rings. The number of carbonyl (C=O) groups is 1. The molecule has 162 valence electrons. The topological polar surface area (TPSA) is 73.6 Å². The van der Waals surface area contributed by atoms with Gasteiger partial charge in [0.1, 0.15) is 5.75 Å². The highest BCUT2D eigenvalue weighted by Gasteiger charge is 2.39. The molecule has 0 bridgehead atoms. The number of rotatable bonds is 4. The van der Waals surface area contributed by atoms with Crippen LogP contribution in [-0.2, 0) is 22.1 Å². The summed E-state index contributed by atoms with van der Waals surface area (Å²) in [5.41, 5.74) is -0.128. The number of hydrogen-bond acceptors (Lipinski definition) is 5. The first kappa shape index (κ1) is 20.9. The van der Waals surface area contributed by atoms with Crippen molar-refractivity contribution in [3.05, 3.63) is 65.5 Å². The monoisotopic (exact) mass is 432 g/mol. The molecule has 0 aliphatic carbocycles. The number of alkyl halides is 3. The predicted octanol–water partition coefficient (Wildman–Crippen LogP) is 4.09. The molecule has 31 heavy (non-hydrogen) atoms. The maximum Gasteiger partial charge on any atom is 0.416 e. The average Bonchev–Trinajstić information content (AvgIpc) is 3.31. The second-order valence-electron chi connectivity index (χ2n) is 7.07. The van der Waals surface area contributed by atoms with E-state index in [-0.39, 0.29) is 11.3 Å². The Kier molecular flexibility index (Phi) is 5.45. The van der Waals surface area contributed by atoms with E-state index in [2.05, 4.69) is 9.84 Å². The quantitative estimate of drug-likeness (QED) is 0.629. The molecule has 1 unspecified atom stereocenters. The van der Waals surface area contributed by atoms with Gasteiger partial charge in [-0.3, -0.25) is 0 Å². The summed E-state index contributed by atoms with van der Waals surface area (Å²) in [5, 5.41) is 14.7. The molecule has 1 aromatic heterocycles. The first-order valence-corrected chi connectivity index (χ1v) is 9.57. The summed E-state index contributed by atoms with van der Waals surface area (Å²) < 4.78 is 53.3. The van der Waals surface area contributed by atoms with Gasteiger partial charge in [0.05, 0.1) is 25.0 Å². The third-order valence-electron chi connectivity index (χ3n) is 5.18. The predicted molar refractivity (Wildman–Crippen MR) is 105 cm³/mol. The minimum atomic E-state index is -4.81. The maximum atomic E-state index is 13.9. The van der Waals surface area contributed by atoms with Crippen LogP contribution in [0.3, 0.4) is 0 Å². The lowest BCUT2D eigenvalue weighted by molar-refractivity contribution is -0.152. The molecule has 0 saturated heterocycles. The molecular weight excluding hydrogens is 413 g/mol. The molecule has 9 heteroatoms. The normalized spacial score (nSPS) is 14.5. The number of nitrogens with zero attached hydrogens (tertiary/aromatic N) is 2. The summed E-state index contributed by atoms with van der Waals surface area (Å²) in [6.07, 6.45) is -2.41. The summed E-state index contributed by atoms with van der Waals surface area (Å²) in [7, 11) is 1.01. The van der Waals surface area contributed by atoms with Crippen LogP contribution in [0.15, 0.2) is 48.8 Å². The van der Waals surface area contributed by atoms with Crippen molar-refractivity contribution in [3.8, 4) is 22.6 Å². The van der Waals surface area contributed by atoms with Gasteiger partial charge in [0.2, 0.25) is 0 Å². The molecule has 2 heterocycles. The highest BCUT2D eigenvalue weighted by atomic mass is 19.4. The lowest BCUT2D eigenvalue weighted by Gasteiger charge is -2.24. The highest BCUT2D eigenvalue weighted by Crippen LogP contribution is 2.44. The van der Waals surface area contributed by atoms with E-state index >= 15 is 0 Å². The van der Waals surface area contributed by atoms with E-state index in [1.807, 2.05) is 0 Å². The second kappa shape index (κ2) is 8.07. The average molecular weight is 432 g/mol. The third kappa shape index (κ3) is 3.88. The molecule has 1 N–H and O–H groups in total. The van der Waals surface area contributed by atoms with Crippen molar-refractivity contribution in [1.82, 2.24) is 9.78 Å². The molecule has 0 saturated carbocycles. The molecule has 0 radical (unpaired) electrons. The number of benzene rings is 2. The van der Waals surface area contributed by atoms with Crippen molar-refractivity contribution < 1.29 is 32.5 Å². The van der Waals surface area contributed by atoms with Crippen molar-refractivity contribution in [3.63, 3.8) is 0 Å². The Labute approximate surface area is 175 Å². The van der Waals surface area contributed by atoms with Crippen molar-refractivity contribution in [2.45, 2.75) is 25.1 Å². The molecule has 0 amide bonds. The van der Waals surface area contributed by atoms with Gasteiger partial charge in [-0.2, -0.15) is 18.3 Å². The molecule has 4 rings (SSSR count). The summed E-state index contributed by atoms with van der Waals surface area (Å²) in [5.74, 6) is -0.525. The zero-order valence-electron chi connectivity index (χ0n) is 16.5. The largest absolute Gasteiger partial charge is 0.493 e. The van der Waals surface area contributed by atoms with Crippen LogP contribution < -0.4 is 4.74 Å². The van der Waals surface area contributed by atoms with Crippen molar-refractivity contribution in [2.75, 3.05) is 13.7 Å². The van der Waals surface area contributed by atoms with Crippen LogP contribution in [0, 0.1) is 0 Å². The number of carbonyl (C=O) groups excluding carboxylic acids is 1. The fourth-order valence-corrected chi connectivity index (χ4v) is 3.79. The van der Waals surface area contributed by atoms with E-state index < -0.39 is 29.4 Å². The molecule has 2 aromatic carbocycles. The first-order valence-electron chi connectivity index (χ1n) is 9.57. The van der Waals surface area contributed by atoms with Crippen molar-refractivity contribution >= 4 is 5.97 Å². The third-order valence-corrected chi connectivity index (χ3v) is 5.18. The van der Waals surface area contributed by atoms with Crippen LogP contribution in [0.5, 0.6) is 5.75 Å². The first-order chi connectivity index (χ1) is 14.8. The molecule has 1 atom stereocenters. The standard InChI is InChI=1S/C22H19F3N2O4/c1-30-21(29)20(28)19-15(22(23,24)25)6-7-16(27-10-3-9-26-27)18(19)14-5-8-17-13(12-14)4-2-11-31-17/h3,5-10,12,20,28H,2,4,11H2,1H3. The number of aliphatic hydroxyl groups excluding tert-OH is 1. The summed E-state index contributed by atoms with van der Waals surface area (Å²) in [4.78, 5) is 12.1. The molecule has 1 aliphatic heterocycles. The Bertz CT molecular complexity index is 1110.